The fourth-order valence-electron chi connectivity index (χ4n) is 2.29. The topological polar surface area (TPSA) is 12.0 Å². The zero-order valence-electron chi connectivity index (χ0n) is 10.2. The van der Waals surface area contributed by atoms with Gasteiger partial charge in [0, 0.05) is 25.8 Å². The van der Waals surface area contributed by atoms with Crippen molar-refractivity contribution in [1.29, 1.82) is 0 Å². The summed E-state index contributed by atoms with van der Waals surface area (Å²) in [5, 5.41) is 4.36. The lowest BCUT2D eigenvalue weighted by molar-refractivity contribution is 0.728. The molecule has 1 aliphatic heterocycles. The van der Waals surface area contributed by atoms with E-state index in [2.05, 4.69) is 45.5 Å². The summed E-state index contributed by atoms with van der Waals surface area (Å²) in [6, 6.07) is 14.9. The first-order valence-electron chi connectivity index (χ1n) is 6.17. The second kappa shape index (κ2) is 5.78. The molecule has 0 radical (unpaired) electrons. The summed E-state index contributed by atoms with van der Waals surface area (Å²) in [7, 11) is 0. The molecule has 19 heavy (non-hydrogen) atoms. The molecule has 1 aliphatic rings. The number of benzene rings is 2. The van der Waals surface area contributed by atoms with Crippen molar-refractivity contribution < 1.29 is 0 Å². The van der Waals surface area contributed by atoms with Crippen molar-refractivity contribution >= 4 is 45.0 Å². The third-order valence-electron chi connectivity index (χ3n) is 3.22. The third kappa shape index (κ3) is 2.93. The maximum atomic E-state index is 5.98. The second-order valence-corrected chi connectivity index (χ2v) is 6.92. The molecule has 2 aromatic rings. The number of thioether (sulfide) groups is 1. The monoisotopic (exact) mass is 353 g/mol. The average molecular weight is 355 g/mol. The highest BCUT2D eigenvalue weighted by Crippen LogP contribution is 2.39. The molecule has 0 bridgehead atoms. The van der Waals surface area contributed by atoms with Crippen LogP contribution in [0.1, 0.15) is 18.0 Å². The highest BCUT2D eigenvalue weighted by Gasteiger charge is 2.20. The average Bonchev–Trinajstić information content (AvgIpc) is 2.42. The Hall–Kier alpha value is -0.640. The Balaban J connectivity index is 1.88. The molecule has 0 fully saturated rings. The van der Waals surface area contributed by atoms with Gasteiger partial charge in [0.15, 0.2) is 0 Å². The maximum absolute atomic E-state index is 5.98. The molecule has 3 rings (SSSR count). The molecule has 1 heterocycles. The molecule has 98 valence electrons. The highest BCUT2D eigenvalue weighted by molar-refractivity contribution is 9.10. The van der Waals surface area contributed by atoms with Gasteiger partial charge in [-0.25, -0.2) is 0 Å². The van der Waals surface area contributed by atoms with E-state index in [1.807, 2.05) is 30.0 Å². The summed E-state index contributed by atoms with van der Waals surface area (Å²) >= 11 is 11.5. The van der Waals surface area contributed by atoms with E-state index in [9.17, 15) is 0 Å². The minimum Gasteiger partial charge on any atom is -0.377 e. The molecule has 0 saturated carbocycles. The molecule has 1 atom stereocenters. The van der Waals surface area contributed by atoms with Crippen LogP contribution in [0.15, 0.2) is 51.8 Å². The third-order valence-corrected chi connectivity index (χ3v) is 5.23. The van der Waals surface area contributed by atoms with Crippen LogP contribution in [-0.2, 0) is 0 Å². The molecular formula is C15H13BrClNS. The van der Waals surface area contributed by atoms with E-state index in [0.29, 0.717) is 6.04 Å². The number of nitrogens with one attached hydrogen (secondary N) is 1. The molecule has 0 spiro atoms. The van der Waals surface area contributed by atoms with Gasteiger partial charge < -0.3 is 5.32 Å². The van der Waals surface area contributed by atoms with Gasteiger partial charge in [-0.3, -0.25) is 0 Å². The Morgan fingerprint density at radius 1 is 1.21 bits per heavy atom. The number of fused-ring (bicyclic) bond motifs is 1. The lowest BCUT2D eigenvalue weighted by Gasteiger charge is -2.27. The van der Waals surface area contributed by atoms with Crippen LogP contribution in [0.4, 0.5) is 5.69 Å². The molecule has 0 amide bonds. The Labute approximate surface area is 130 Å². The predicted molar refractivity (Wildman–Crippen MR) is 87.3 cm³/mol. The van der Waals surface area contributed by atoms with E-state index in [0.717, 1.165) is 27.4 Å². The SMILES string of the molecule is Clc1ccc(NC2CCSc3ccccc32)c(Br)c1. The van der Waals surface area contributed by atoms with Gasteiger partial charge in [-0.2, -0.15) is 0 Å². The molecule has 1 nitrogen and oxygen atoms in total. The second-order valence-electron chi connectivity index (χ2n) is 4.50. The van der Waals surface area contributed by atoms with E-state index in [1.54, 1.807) is 0 Å². The Morgan fingerprint density at radius 3 is 2.89 bits per heavy atom. The minimum atomic E-state index is 0.370. The standard InChI is InChI=1S/C15H13BrClNS/c16-12-9-10(17)5-6-14(12)18-13-7-8-19-15-4-2-1-3-11(13)15/h1-6,9,13,18H,7-8H2. The molecule has 4 heteroatoms. The molecule has 0 aromatic heterocycles. The van der Waals surface area contributed by atoms with Gasteiger partial charge in [0.25, 0.3) is 0 Å². The van der Waals surface area contributed by atoms with Crippen molar-refractivity contribution in [2.75, 3.05) is 11.1 Å². The van der Waals surface area contributed by atoms with Crippen LogP contribution in [0.5, 0.6) is 0 Å². The van der Waals surface area contributed by atoms with Crippen molar-refractivity contribution in [3.05, 3.63) is 57.5 Å². The fraction of sp³-hybridized carbons (Fsp3) is 0.200. The number of anilines is 1. The van der Waals surface area contributed by atoms with Gasteiger partial charge in [-0.15, -0.1) is 11.8 Å². The number of halogens is 2. The lowest BCUT2D eigenvalue weighted by atomic mass is 10.0. The normalized spacial score (nSPS) is 17.9. The molecule has 0 aliphatic carbocycles. The lowest BCUT2D eigenvalue weighted by Crippen LogP contribution is -2.16. The fourth-order valence-corrected chi connectivity index (χ4v) is 4.21. The van der Waals surface area contributed by atoms with Crippen LogP contribution in [-0.4, -0.2) is 5.75 Å². The van der Waals surface area contributed by atoms with Crippen LogP contribution in [0.3, 0.4) is 0 Å². The first-order chi connectivity index (χ1) is 9.24. The molecule has 2 aromatic carbocycles. The van der Waals surface area contributed by atoms with Gasteiger partial charge in [0.2, 0.25) is 0 Å². The van der Waals surface area contributed by atoms with Crippen molar-refractivity contribution in [3.63, 3.8) is 0 Å². The van der Waals surface area contributed by atoms with Crippen molar-refractivity contribution in [2.24, 2.45) is 0 Å². The zero-order chi connectivity index (χ0) is 13.2. The van der Waals surface area contributed by atoms with Gasteiger partial charge in [0.05, 0.1) is 6.04 Å². The quantitative estimate of drug-likeness (QED) is 0.736. The van der Waals surface area contributed by atoms with Gasteiger partial charge in [0.1, 0.15) is 0 Å². The van der Waals surface area contributed by atoms with Gasteiger partial charge in [-0.1, -0.05) is 29.8 Å². The van der Waals surface area contributed by atoms with Crippen LogP contribution < -0.4 is 5.32 Å². The smallest absolute Gasteiger partial charge is 0.0533 e. The summed E-state index contributed by atoms with van der Waals surface area (Å²) in [5.41, 5.74) is 2.48. The van der Waals surface area contributed by atoms with Crippen LogP contribution in [0.25, 0.3) is 0 Å². The first-order valence-corrected chi connectivity index (χ1v) is 8.33. The summed E-state index contributed by atoms with van der Waals surface area (Å²) < 4.78 is 1.01. The molecule has 1 unspecified atom stereocenters. The Morgan fingerprint density at radius 2 is 2.05 bits per heavy atom. The number of hydrogen-bond acceptors (Lipinski definition) is 2. The number of hydrogen-bond donors (Lipinski definition) is 1. The van der Waals surface area contributed by atoms with Crippen molar-refractivity contribution in [2.45, 2.75) is 17.4 Å². The van der Waals surface area contributed by atoms with Crippen LogP contribution in [0, 0.1) is 0 Å². The van der Waals surface area contributed by atoms with E-state index >= 15 is 0 Å². The van der Waals surface area contributed by atoms with E-state index < -0.39 is 0 Å². The predicted octanol–water partition coefficient (Wildman–Crippen LogP) is 5.75. The summed E-state index contributed by atoms with van der Waals surface area (Å²) in [6.07, 6.45) is 1.14. The van der Waals surface area contributed by atoms with Gasteiger partial charge >= 0.3 is 0 Å². The van der Waals surface area contributed by atoms with E-state index in [-0.39, 0.29) is 0 Å². The van der Waals surface area contributed by atoms with Crippen LogP contribution in [0.2, 0.25) is 5.02 Å². The molecule has 0 saturated heterocycles. The largest absolute Gasteiger partial charge is 0.377 e. The minimum absolute atomic E-state index is 0.370. The highest BCUT2D eigenvalue weighted by atomic mass is 79.9. The summed E-state index contributed by atoms with van der Waals surface area (Å²) in [5.74, 6) is 1.15. The molecule has 1 N–H and O–H groups in total. The first kappa shape index (κ1) is 13.3. The maximum Gasteiger partial charge on any atom is 0.0533 e. The molecular weight excluding hydrogens is 342 g/mol. The van der Waals surface area contributed by atoms with Gasteiger partial charge in [-0.05, 0) is 52.2 Å². The Bertz CT molecular complexity index is 602. The zero-order valence-corrected chi connectivity index (χ0v) is 13.4. The van der Waals surface area contributed by atoms with Crippen molar-refractivity contribution in [3.8, 4) is 0 Å². The summed E-state index contributed by atoms with van der Waals surface area (Å²) in [6.45, 7) is 0. The van der Waals surface area contributed by atoms with E-state index in [4.69, 9.17) is 11.6 Å². The van der Waals surface area contributed by atoms with Crippen LogP contribution >= 0.6 is 39.3 Å². The Kier molecular flexibility index (Phi) is 4.06. The van der Waals surface area contributed by atoms with E-state index in [1.165, 1.54) is 10.5 Å². The summed E-state index contributed by atoms with van der Waals surface area (Å²) in [4.78, 5) is 1.39. The van der Waals surface area contributed by atoms with Crippen molar-refractivity contribution in [1.82, 2.24) is 0 Å². The number of rotatable bonds is 2.